The smallest absolute Gasteiger partial charge is 0.234 e. The number of anilines is 6. The number of piperidine rings is 2. The first kappa shape index (κ1) is 49.5. The Morgan fingerprint density at radius 3 is 2.38 bits per heavy atom. The average molecular weight is 1030 g/mol. The van der Waals surface area contributed by atoms with Crippen LogP contribution in [0.25, 0.3) is 10.9 Å². The van der Waals surface area contributed by atoms with Gasteiger partial charge in [-0.05, 0) is 110 Å². The van der Waals surface area contributed by atoms with Crippen molar-refractivity contribution in [2.24, 2.45) is 5.92 Å². The van der Waals surface area contributed by atoms with Gasteiger partial charge in [0.05, 0.1) is 46.9 Å². The van der Waals surface area contributed by atoms with Crippen molar-refractivity contribution in [1.29, 1.82) is 0 Å². The fourth-order valence-corrected chi connectivity index (χ4v) is 11.3. The van der Waals surface area contributed by atoms with Crippen molar-refractivity contribution in [1.82, 2.24) is 30.9 Å². The zero-order chi connectivity index (χ0) is 49.0. The molecule has 8 rings (SSSR count). The minimum absolute atomic E-state index is 0.0189. The summed E-state index contributed by atoms with van der Waals surface area (Å²) in [6.07, 6.45) is 4.86. The van der Waals surface area contributed by atoms with Crippen molar-refractivity contribution in [3.63, 3.8) is 0 Å². The Morgan fingerprint density at radius 2 is 1.68 bits per heavy atom. The van der Waals surface area contributed by atoms with E-state index in [0.29, 0.717) is 95.0 Å². The molecule has 0 radical (unpaired) electrons. The van der Waals surface area contributed by atoms with E-state index in [1.54, 1.807) is 37.6 Å². The number of ether oxygens (including phenoxy) is 2. The quantitative estimate of drug-likeness (QED) is 0.0350. The van der Waals surface area contributed by atoms with Gasteiger partial charge in [-0.2, -0.15) is 4.98 Å². The molecular weight excluding hydrogens is 973 g/mol. The number of aromatic nitrogens is 3. The van der Waals surface area contributed by atoms with Crippen LogP contribution in [0.2, 0.25) is 0 Å². The highest BCUT2D eigenvalue weighted by molar-refractivity contribution is 9.10. The maximum absolute atomic E-state index is 15.2. The number of pyridine rings is 1. The van der Waals surface area contributed by atoms with Gasteiger partial charge in [0.2, 0.25) is 29.5 Å². The lowest BCUT2D eigenvalue weighted by Crippen LogP contribution is -2.45. The summed E-state index contributed by atoms with van der Waals surface area (Å²) in [5.74, 6) is -2.36. The van der Waals surface area contributed by atoms with E-state index in [1.807, 2.05) is 25.1 Å². The lowest BCUT2D eigenvalue weighted by atomic mass is 9.89. The molecule has 0 spiro atoms. The van der Waals surface area contributed by atoms with Crippen molar-refractivity contribution in [3.05, 3.63) is 82.0 Å². The molecule has 2 aromatic heterocycles. The van der Waals surface area contributed by atoms with Gasteiger partial charge in [-0.15, -0.1) is 0 Å². The van der Waals surface area contributed by atoms with Gasteiger partial charge in [0.1, 0.15) is 30.3 Å². The number of methoxy groups -OCH3 is 1. The summed E-state index contributed by atoms with van der Waals surface area (Å²) in [5, 5.41) is 17.0. The van der Waals surface area contributed by atoms with Crippen molar-refractivity contribution >= 4 is 91.5 Å². The molecule has 3 amide bonds. The molecule has 3 aromatic carbocycles. The van der Waals surface area contributed by atoms with Crippen LogP contribution in [0.3, 0.4) is 0 Å². The van der Waals surface area contributed by atoms with E-state index in [1.165, 1.54) is 12.1 Å². The highest BCUT2D eigenvalue weighted by Crippen LogP contribution is 2.43. The summed E-state index contributed by atoms with van der Waals surface area (Å²) in [6.45, 7) is 11.5. The minimum Gasteiger partial charge on any atom is -0.494 e. The highest BCUT2D eigenvalue weighted by atomic mass is 79.9. The van der Waals surface area contributed by atoms with Crippen molar-refractivity contribution < 1.29 is 37.2 Å². The monoisotopic (exact) mass is 1030 g/mol. The molecule has 0 aliphatic carbocycles. The molecule has 2 atom stereocenters. The van der Waals surface area contributed by atoms with E-state index in [2.05, 4.69) is 76.4 Å². The number of fused-ring (bicyclic) bond motifs is 1. The van der Waals surface area contributed by atoms with E-state index in [0.717, 1.165) is 49.0 Å². The molecule has 0 unspecified atom stereocenters. The molecular formula is C49H58BrF2N10O6P. The number of nitrogens with one attached hydrogen (secondary N) is 5. The molecule has 0 bridgehead atoms. The Balaban J connectivity index is 0.834. The summed E-state index contributed by atoms with van der Waals surface area (Å²) in [5.41, 5.74) is 4.27. The maximum Gasteiger partial charge on any atom is 0.234 e. The molecule has 3 aliphatic heterocycles. The summed E-state index contributed by atoms with van der Waals surface area (Å²) in [4.78, 5) is 55.1. The largest absolute Gasteiger partial charge is 0.494 e. The molecule has 3 fully saturated rings. The Bertz CT molecular complexity index is 2790. The van der Waals surface area contributed by atoms with Crippen LogP contribution in [0.5, 0.6) is 11.6 Å². The molecule has 69 heavy (non-hydrogen) atoms. The van der Waals surface area contributed by atoms with Gasteiger partial charge in [0, 0.05) is 97.7 Å². The third kappa shape index (κ3) is 11.3. The fourth-order valence-electron chi connectivity index (χ4n) is 9.50. The second-order valence-corrected chi connectivity index (χ2v) is 21.9. The molecule has 366 valence electrons. The van der Waals surface area contributed by atoms with Gasteiger partial charge < -0.3 is 45.1 Å². The summed E-state index contributed by atoms with van der Waals surface area (Å²) in [7, 11) is -1.17. The normalized spacial score (nSPS) is 17.8. The lowest BCUT2D eigenvalue weighted by molar-refractivity contribution is -0.134. The third-order valence-corrected chi connectivity index (χ3v) is 15.1. The number of hydrogen-bond donors (Lipinski definition) is 5. The van der Waals surface area contributed by atoms with E-state index < -0.39 is 36.5 Å². The Morgan fingerprint density at radius 1 is 0.928 bits per heavy atom. The number of carbonyl (C=O) groups is 3. The zero-order valence-electron chi connectivity index (χ0n) is 39.4. The predicted molar refractivity (Wildman–Crippen MR) is 269 cm³/mol. The Kier molecular flexibility index (Phi) is 15.3. The van der Waals surface area contributed by atoms with Gasteiger partial charge in [-0.25, -0.2) is 18.7 Å². The second kappa shape index (κ2) is 21.4. The van der Waals surface area contributed by atoms with Crippen LogP contribution in [-0.2, 0) is 25.4 Å². The number of halogens is 3. The van der Waals surface area contributed by atoms with Crippen LogP contribution < -0.4 is 51.2 Å². The summed E-state index contributed by atoms with van der Waals surface area (Å²) < 4.78 is 56.2. The van der Waals surface area contributed by atoms with Crippen molar-refractivity contribution in [2.75, 3.05) is 86.7 Å². The molecule has 3 saturated heterocycles. The Labute approximate surface area is 408 Å². The summed E-state index contributed by atoms with van der Waals surface area (Å²) in [6, 6.07) is 14.2. The van der Waals surface area contributed by atoms with Gasteiger partial charge in [-0.3, -0.25) is 19.7 Å². The molecule has 20 heteroatoms. The standard InChI is InChI=1S/C49H58BrF2N10O6P/c1-6-28-22-39(58-49-55-26-34(50)46(60-49)57-38-11-10-37-32(45(38)69(4,5)66)9-13-43(56-37)68-7-2)41(67-3)25-40(28)61-20-15-30(16-21-61)53-17-18-54-47(64)29-14-19-62(27-29)31-23-35(51)44(36(52)24-31)33-8-12-42(63)59-48(33)65/h9-11,13,22-26,29-30,33,53H,6-8,12,14-21,27H2,1-5H3,(H,54,64)(H,59,63,65)(H2,55,57,58,60)/t29-,33-/m1/s1. The van der Waals surface area contributed by atoms with Gasteiger partial charge in [0.25, 0.3) is 0 Å². The van der Waals surface area contributed by atoms with Gasteiger partial charge >= 0.3 is 0 Å². The van der Waals surface area contributed by atoms with E-state index in [9.17, 15) is 18.9 Å². The van der Waals surface area contributed by atoms with Gasteiger partial charge in [-0.1, -0.05) is 6.92 Å². The van der Waals surface area contributed by atoms with Gasteiger partial charge in [0.15, 0.2) is 0 Å². The highest BCUT2D eigenvalue weighted by Gasteiger charge is 2.35. The van der Waals surface area contributed by atoms with Crippen molar-refractivity contribution in [3.8, 4) is 11.6 Å². The molecule has 16 nitrogen and oxygen atoms in total. The SMILES string of the molecule is CCOc1ccc2c(P(C)(C)=O)c(Nc3nc(Nc4cc(CC)c(N5CCC(NCCNC(=O)[C@@H]6CCN(c7cc(F)c([C@H]8CCC(=O)NC8=O)c(F)c7)C6)CC5)cc4OC)ncc3Br)ccc2n1. The second-order valence-electron chi connectivity index (χ2n) is 17.9. The topological polar surface area (TPSA) is 192 Å². The lowest BCUT2D eigenvalue weighted by Gasteiger charge is -2.35. The van der Waals surface area contributed by atoms with E-state index in [4.69, 9.17) is 14.5 Å². The number of rotatable bonds is 17. The van der Waals surface area contributed by atoms with Crippen molar-refractivity contribution in [2.45, 2.75) is 64.3 Å². The number of amides is 3. The number of aryl methyl sites for hydroxylation is 1. The molecule has 3 aliphatic rings. The number of nitrogens with zero attached hydrogens (tertiary/aromatic N) is 5. The molecule has 5 aromatic rings. The summed E-state index contributed by atoms with van der Waals surface area (Å²) >= 11 is 3.60. The van der Waals surface area contributed by atoms with Crippen LogP contribution >= 0.6 is 23.1 Å². The average Bonchev–Trinajstić information content (AvgIpc) is 3.83. The number of benzene rings is 3. The predicted octanol–water partition coefficient (Wildman–Crippen LogP) is 7.49. The first-order valence-corrected chi connectivity index (χ1v) is 26.8. The van der Waals surface area contributed by atoms with E-state index >= 15 is 8.78 Å². The van der Waals surface area contributed by atoms with Crippen LogP contribution in [0, 0.1) is 17.6 Å². The van der Waals surface area contributed by atoms with Crippen LogP contribution in [0.1, 0.15) is 63.0 Å². The van der Waals surface area contributed by atoms with Crippen LogP contribution in [0.4, 0.5) is 43.3 Å². The maximum atomic E-state index is 15.2. The fraction of sp³-hybridized carbons (Fsp3) is 0.429. The van der Waals surface area contributed by atoms with Crippen LogP contribution in [0.15, 0.2) is 59.2 Å². The number of imide groups is 1. The van der Waals surface area contributed by atoms with Crippen LogP contribution in [-0.4, -0.2) is 105 Å². The molecule has 0 saturated carbocycles. The first-order chi connectivity index (χ1) is 33.1. The number of hydrogen-bond acceptors (Lipinski definition) is 14. The Hall–Kier alpha value is -5.91. The number of carbonyl (C=O) groups excluding carboxylic acids is 3. The third-order valence-electron chi connectivity index (χ3n) is 12.9. The van der Waals surface area contributed by atoms with E-state index in [-0.39, 0.29) is 36.3 Å². The molecule has 5 N–H and O–H groups in total. The first-order valence-electron chi connectivity index (χ1n) is 23.4. The molecule has 5 heterocycles. The minimum atomic E-state index is -2.80. The zero-order valence-corrected chi connectivity index (χ0v) is 41.9.